The zero-order valence-electron chi connectivity index (χ0n) is 7.27. The van der Waals surface area contributed by atoms with Crippen molar-refractivity contribution in [3.63, 3.8) is 0 Å². The van der Waals surface area contributed by atoms with Gasteiger partial charge in [-0.15, -0.1) is 5.10 Å². The van der Waals surface area contributed by atoms with E-state index in [0.717, 1.165) is 0 Å². The maximum atomic E-state index is 5.81. The van der Waals surface area contributed by atoms with E-state index < -0.39 is 0 Å². The standard InChI is InChI=1S/C7H8ClN5/c1-4(2)13-7-5(11-12-13)6(8)9-3-10-7/h3-4H,1-2H3. The molecule has 0 aliphatic carbocycles. The van der Waals surface area contributed by atoms with Gasteiger partial charge in [-0.25, -0.2) is 14.6 Å². The number of hydrogen-bond donors (Lipinski definition) is 0. The molecule has 0 aliphatic heterocycles. The predicted molar refractivity (Wildman–Crippen MR) is 48.5 cm³/mol. The van der Waals surface area contributed by atoms with E-state index in [-0.39, 0.29) is 6.04 Å². The van der Waals surface area contributed by atoms with Crippen LogP contribution in [0.5, 0.6) is 0 Å². The second-order valence-corrected chi connectivity index (χ2v) is 3.32. The second-order valence-electron chi connectivity index (χ2n) is 2.96. The number of nitrogens with zero attached hydrogens (tertiary/aromatic N) is 5. The number of halogens is 1. The van der Waals surface area contributed by atoms with E-state index >= 15 is 0 Å². The van der Waals surface area contributed by atoms with Gasteiger partial charge in [0, 0.05) is 0 Å². The lowest BCUT2D eigenvalue weighted by Gasteiger charge is -2.03. The highest BCUT2D eigenvalue weighted by Gasteiger charge is 2.11. The van der Waals surface area contributed by atoms with Crippen molar-refractivity contribution in [3.8, 4) is 0 Å². The van der Waals surface area contributed by atoms with Crippen molar-refractivity contribution in [2.45, 2.75) is 19.9 Å². The molecule has 5 nitrogen and oxygen atoms in total. The quantitative estimate of drug-likeness (QED) is 0.650. The Bertz CT molecular complexity index is 435. The minimum absolute atomic E-state index is 0.218. The summed E-state index contributed by atoms with van der Waals surface area (Å²) >= 11 is 5.81. The summed E-state index contributed by atoms with van der Waals surface area (Å²) < 4.78 is 1.71. The molecule has 0 bridgehead atoms. The SMILES string of the molecule is CC(C)n1nnc2c(Cl)ncnc21. The third kappa shape index (κ3) is 1.25. The van der Waals surface area contributed by atoms with Crippen LogP contribution in [-0.2, 0) is 0 Å². The van der Waals surface area contributed by atoms with E-state index in [1.54, 1.807) is 4.68 Å². The highest BCUT2D eigenvalue weighted by molar-refractivity contribution is 6.33. The van der Waals surface area contributed by atoms with Gasteiger partial charge in [-0.2, -0.15) is 0 Å². The maximum absolute atomic E-state index is 5.81. The van der Waals surface area contributed by atoms with Crippen LogP contribution in [0.25, 0.3) is 11.2 Å². The van der Waals surface area contributed by atoms with Crippen LogP contribution in [0.3, 0.4) is 0 Å². The first-order chi connectivity index (χ1) is 6.20. The van der Waals surface area contributed by atoms with Crippen LogP contribution in [-0.4, -0.2) is 25.0 Å². The molecule has 68 valence electrons. The fourth-order valence-corrected chi connectivity index (χ4v) is 1.25. The highest BCUT2D eigenvalue weighted by atomic mass is 35.5. The Morgan fingerprint density at radius 2 is 2.15 bits per heavy atom. The third-order valence-corrected chi connectivity index (χ3v) is 1.98. The molecule has 0 fully saturated rings. The molecule has 0 aliphatic rings. The van der Waals surface area contributed by atoms with E-state index in [1.807, 2.05) is 13.8 Å². The minimum atomic E-state index is 0.218. The Kier molecular flexibility index (Phi) is 1.88. The normalized spacial score (nSPS) is 11.4. The summed E-state index contributed by atoms with van der Waals surface area (Å²) in [5, 5.41) is 8.18. The lowest BCUT2D eigenvalue weighted by atomic mass is 10.4. The zero-order chi connectivity index (χ0) is 9.42. The molecule has 13 heavy (non-hydrogen) atoms. The summed E-state index contributed by atoms with van der Waals surface area (Å²) in [6, 6.07) is 0.218. The molecule has 2 heterocycles. The number of aromatic nitrogens is 5. The Morgan fingerprint density at radius 1 is 1.38 bits per heavy atom. The largest absolute Gasteiger partial charge is 0.224 e. The lowest BCUT2D eigenvalue weighted by Crippen LogP contribution is -2.03. The van der Waals surface area contributed by atoms with E-state index in [0.29, 0.717) is 16.3 Å². The Balaban J connectivity index is 2.75. The Hall–Kier alpha value is -1.23. The topological polar surface area (TPSA) is 56.5 Å². The molecule has 0 spiro atoms. The van der Waals surface area contributed by atoms with Gasteiger partial charge in [-0.3, -0.25) is 0 Å². The Labute approximate surface area is 79.7 Å². The third-order valence-electron chi connectivity index (χ3n) is 1.71. The molecule has 0 aromatic carbocycles. The lowest BCUT2D eigenvalue weighted by molar-refractivity contribution is 0.526. The summed E-state index contributed by atoms with van der Waals surface area (Å²) in [6.07, 6.45) is 1.41. The molecule has 0 N–H and O–H groups in total. The molecule has 0 saturated carbocycles. The molecule has 0 amide bonds. The minimum Gasteiger partial charge on any atom is -0.224 e. The molecule has 2 rings (SSSR count). The molecule has 0 unspecified atom stereocenters. The average molecular weight is 198 g/mol. The van der Waals surface area contributed by atoms with E-state index in [9.17, 15) is 0 Å². The first-order valence-corrected chi connectivity index (χ1v) is 4.29. The van der Waals surface area contributed by atoms with Crippen molar-refractivity contribution >= 4 is 22.8 Å². The zero-order valence-corrected chi connectivity index (χ0v) is 8.02. The van der Waals surface area contributed by atoms with E-state index in [4.69, 9.17) is 11.6 Å². The van der Waals surface area contributed by atoms with Crippen LogP contribution in [0.15, 0.2) is 6.33 Å². The van der Waals surface area contributed by atoms with Gasteiger partial charge in [0.2, 0.25) is 0 Å². The van der Waals surface area contributed by atoms with Crippen LogP contribution in [0.4, 0.5) is 0 Å². The Morgan fingerprint density at radius 3 is 2.85 bits per heavy atom. The molecule has 0 radical (unpaired) electrons. The van der Waals surface area contributed by atoms with Gasteiger partial charge in [0.1, 0.15) is 6.33 Å². The first kappa shape index (κ1) is 8.37. The van der Waals surface area contributed by atoms with Crippen molar-refractivity contribution < 1.29 is 0 Å². The number of fused-ring (bicyclic) bond motifs is 1. The van der Waals surface area contributed by atoms with Gasteiger partial charge in [0.25, 0.3) is 0 Å². The number of hydrogen-bond acceptors (Lipinski definition) is 4. The smallest absolute Gasteiger partial charge is 0.183 e. The van der Waals surface area contributed by atoms with Gasteiger partial charge in [-0.05, 0) is 13.8 Å². The van der Waals surface area contributed by atoms with Crippen molar-refractivity contribution in [2.24, 2.45) is 0 Å². The van der Waals surface area contributed by atoms with E-state index in [2.05, 4.69) is 20.3 Å². The molecule has 2 aromatic heterocycles. The van der Waals surface area contributed by atoms with E-state index in [1.165, 1.54) is 6.33 Å². The van der Waals surface area contributed by atoms with Crippen molar-refractivity contribution in [3.05, 3.63) is 11.5 Å². The fourth-order valence-electron chi connectivity index (χ4n) is 1.09. The summed E-state index contributed by atoms with van der Waals surface area (Å²) in [4.78, 5) is 7.88. The molecular formula is C7H8ClN5. The van der Waals surface area contributed by atoms with Crippen LogP contribution < -0.4 is 0 Å². The van der Waals surface area contributed by atoms with Crippen molar-refractivity contribution in [1.82, 2.24) is 25.0 Å². The maximum Gasteiger partial charge on any atom is 0.183 e. The average Bonchev–Trinajstić information content (AvgIpc) is 2.48. The summed E-state index contributed by atoms with van der Waals surface area (Å²) in [6.45, 7) is 4.01. The van der Waals surface area contributed by atoms with Gasteiger partial charge < -0.3 is 0 Å². The first-order valence-electron chi connectivity index (χ1n) is 3.91. The summed E-state index contributed by atoms with van der Waals surface area (Å²) in [5.41, 5.74) is 1.23. The van der Waals surface area contributed by atoms with Crippen LogP contribution >= 0.6 is 11.6 Å². The fraction of sp³-hybridized carbons (Fsp3) is 0.429. The summed E-state index contributed by atoms with van der Waals surface area (Å²) in [7, 11) is 0. The highest BCUT2D eigenvalue weighted by Crippen LogP contribution is 2.17. The van der Waals surface area contributed by atoms with Gasteiger partial charge in [0.15, 0.2) is 16.3 Å². The monoisotopic (exact) mass is 197 g/mol. The van der Waals surface area contributed by atoms with Gasteiger partial charge in [-0.1, -0.05) is 16.8 Å². The predicted octanol–water partition coefficient (Wildman–Crippen LogP) is 1.46. The van der Waals surface area contributed by atoms with Crippen LogP contribution in [0.2, 0.25) is 5.15 Å². The molecule has 2 aromatic rings. The van der Waals surface area contributed by atoms with Crippen molar-refractivity contribution in [2.75, 3.05) is 0 Å². The second kappa shape index (κ2) is 2.92. The molecule has 0 saturated heterocycles. The van der Waals surface area contributed by atoms with Crippen molar-refractivity contribution in [1.29, 1.82) is 0 Å². The summed E-state index contributed by atoms with van der Waals surface area (Å²) in [5.74, 6) is 0. The van der Waals surface area contributed by atoms with Gasteiger partial charge >= 0.3 is 0 Å². The molecule has 0 atom stereocenters. The van der Waals surface area contributed by atoms with Gasteiger partial charge in [0.05, 0.1) is 6.04 Å². The van der Waals surface area contributed by atoms with Crippen LogP contribution in [0, 0.1) is 0 Å². The molecule has 6 heteroatoms. The number of rotatable bonds is 1. The van der Waals surface area contributed by atoms with Crippen LogP contribution in [0.1, 0.15) is 19.9 Å². The molecular weight excluding hydrogens is 190 g/mol.